The van der Waals surface area contributed by atoms with Crippen LogP contribution in [0.3, 0.4) is 0 Å². The molecule has 0 bridgehead atoms. The van der Waals surface area contributed by atoms with Gasteiger partial charge in [0, 0.05) is 0 Å². The summed E-state index contributed by atoms with van der Waals surface area (Å²) in [6, 6.07) is 3.73. The molecule has 0 fully saturated rings. The Morgan fingerprint density at radius 1 is 1.00 bits per heavy atom. The molecule has 0 amide bonds. The lowest BCUT2D eigenvalue weighted by Crippen LogP contribution is -2.05. The van der Waals surface area contributed by atoms with Crippen LogP contribution in [0.4, 0.5) is 0 Å². The van der Waals surface area contributed by atoms with Gasteiger partial charge in [-0.05, 0) is 18.2 Å². The molecule has 0 radical (unpaired) electrons. The van der Waals surface area contributed by atoms with Gasteiger partial charge in [0.1, 0.15) is 12.7 Å². The number of rotatable bonds is 4. The first-order chi connectivity index (χ1) is 9.99. The second-order valence-corrected chi connectivity index (χ2v) is 3.67. The molecule has 0 unspecified atom stereocenters. The van der Waals surface area contributed by atoms with Gasteiger partial charge in [-0.15, -0.1) is 0 Å². The fraction of sp³-hybridized carbons (Fsp3) is 0.167. The topological polar surface area (TPSA) is 146 Å². The number of benzene rings is 1. The molecule has 0 saturated heterocycles. The molecule has 4 N–H and O–H groups in total. The van der Waals surface area contributed by atoms with Gasteiger partial charge >= 0.3 is 11.9 Å². The summed E-state index contributed by atoms with van der Waals surface area (Å²) in [4.78, 5) is 25.4. The van der Waals surface area contributed by atoms with E-state index in [1.54, 1.807) is 0 Å². The smallest absolute Gasteiger partial charge is 0.335 e. The van der Waals surface area contributed by atoms with E-state index in [9.17, 15) is 9.59 Å². The van der Waals surface area contributed by atoms with E-state index in [0.717, 1.165) is 6.07 Å². The molecule has 9 nitrogen and oxygen atoms in total. The maximum atomic E-state index is 10.9. The third-order valence-electron chi connectivity index (χ3n) is 2.19. The highest BCUT2D eigenvalue weighted by Gasteiger charge is 2.12. The van der Waals surface area contributed by atoms with Crippen molar-refractivity contribution >= 4 is 11.9 Å². The van der Waals surface area contributed by atoms with Crippen LogP contribution in [0.1, 0.15) is 20.7 Å². The first-order valence-corrected chi connectivity index (χ1v) is 5.68. The van der Waals surface area contributed by atoms with Crippen molar-refractivity contribution in [3.63, 3.8) is 0 Å². The molecule has 0 aliphatic carbocycles. The number of hydrogen-bond donors (Lipinski definition) is 4. The SMILES string of the molecule is O=C(O)c1cc(C(=O)O)cc(-n2cncn2)c1.OCCO. The first-order valence-electron chi connectivity index (χ1n) is 5.68. The van der Waals surface area contributed by atoms with Crippen LogP contribution < -0.4 is 0 Å². The van der Waals surface area contributed by atoms with Crippen LogP contribution in [-0.2, 0) is 0 Å². The largest absolute Gasteiger partial charge is 0.478 e. The number of aromatic carboxylic acids is 2. The number of carbonyl (C=O) groups is 2. The predicted molar refractivity (Wildman–Crippen MR) is 69.4 cm³/mol. The number of aromatic nitrogens is 3. The van der Waals surface area contributed by atoms with Gasteiger partial charge in [0.05, 0.1) is 30.0 Å². The minimum atomic E-state index is -1.20. The standard InChI is InChI=1S/C10H7N3O4.C2H6O2/c14-9(15)6-1-7(10(16)17)3-8(2-6)13-5-11-4-12-13;3-1-2-4/h1-5H,(H,14,15)(H,16,17);3-4H,1-2H2. The molecule has 2 rings (SSSR count). The van der Waals surface area contributed by atoms with Crippen molar-refractivity contribution in [3.8, 4) is 5.69 Å². The van der Waals surface area contributed by atoms with E-state index < -0.39 is 11.9 Å². The number of hydrogen-bond acceptors (Lipinski definition) is 6. The molecule has 0 aliphatic rings. The average molecular weight is 295 g/mol. The average Bonchev–Trinajstić information content (AvgIpc) is 3.01. The second kappa shape index (κ2) is 7.72. The third kappa shape index (κ3) is 4.67. The lowest BCUT2D eigenvalue weighted by atomic mass is 10.1. The number of nitrogens with zero attached hydrogens (tertiary/aromatic N) is 3. The summed E-state index contributed by atoms with van der Waals surface area (Å²) in [7, 11) is 0. The highest BCUT2D eigenvalue weighted by atomic mass is 16.4. The molecule has 9 heteroatoms. The highest BCUT2D eigenvalue weighted by molar-refractivity contribution is 5.94. The molecule has 0 aliphatic heterocycles. The molecular weight excluding hydrogens is 282 g/mol. The van der Waals surface area contributed by atoms with Gasteiger partial charge in [0.2, 0.25) is 0 Å². The minimum Gasteiger partial charge on any atom is -0.478 e. The summed E-state index contributed by atoms with van der Waals surface area (Å²) in [5, 5.41) is 36.8. The van der Waals surface area contributed by atoms with Crippen molar-refractivity contribution < 1.29 is 30.0 Å². The fourth-order valence-electron chi connectivity index (χ4n) is 1.33. The van der Waals surface area contributed by atoms with E-state index in [1.807, 2.05) is 0 Å². The summed E-state index contributed by atoms with van der Waals surface area (Å²) >= 11 is 0. The zero-order valence-corrected chi connectivity index (χ0v) is 10.7. The summed E-state index contributed by atoms with van der Waals surface area (Å²) in [5.74, 6) is -2.40. The summed E-state index contributed by atoms with van der Waals surface area (Å²) in [6.45, 7) is -0.250. The van der Waals surface area contributed by atoms with Crippen LogP contribution >= 0.6 is 0 Å². The Kier molecular flexibility index (Phi) is 5.99. The maximum absolute atomic E-state index is 10.9. The zero-order valence-electron chi connectivity index (χ0n) is 10.7. The van der Waals surface area contributed by atoms with Crippen molar-refractivity contribution in [2.45, 2.75) is 0 Å². The summed E-state index contributed by atoms with van der Waals surface area (Å²) in [5.41, 5.74) is 0.102. The Morgan fingerprint density at radius 2 is 1.52 bits per heavy atom. The van der Waals surface area contributed by atoms with Gasteiger partial charge in [0.15, 0.2) is 0 Å². The van der Waals surface area contributed by atoms with E-state index in [-0.39, 0.29) is 24.3 Å². The molecule has 1 heterocycles. The van der Waals surface area contributed by atoms with E-state index in [2.05, 4.69) is 10.1 Å². The minimum absolute atomic E-state index is 0.115. The van der Waals surface area contributed by atoms with E-state index in [4.69, 9.17) is 20.4 Å². The Bertz CT molecular complexity index is 577. The summed E-state index contributed by atoms with van der Waals surface area (Å²) in [6.07, 6.45) is 2.63. The lowest BCUT2D eigenvalue weighted by Gasteiger charge is -2.04. The summed E-state index contributed by atoms with van der Waals surface area (Å²) < 4.78 is 1.29. The van der Waals surface area contributed by atoms with Crippen molar-refractivity contribution in [2.24, 2.45) is 0 Å². The van der Waals surface area contributed by atoms with E-state index in [1.165, 1.54) is 29.5 Å². The molecule has 2 aromatic rings. The van der Waals surface area contributed by atoms with Crippen molar-refractivity contribution in [1.29, 1.82) is 0 Å². The normalized spacial score (nSPS) is 9.62. The van der Waals surface area contributed by atoms with Gasteiger partial charge in [-0.3, -0.25) is 0 Å². The monoisotopic (exact) mass is 295 g/mol. The Hall–Kier alpha value is -2.78. The lowest BCUT2D eigenvalue weighted by molar-refractivity contribution is 0.0696. The van der Waals surface area contributed by atoms with Crippen molar-refractivity contribution in [1.82, 2.24) is 14.8 Å². The quantitative estimate of drug-likeness (QED) is 0.598. The van der Waals surface area contributed by atoms with Crippen LogP contribution in [0.25, 0.3) is 5.69 Å². The van der Waals surface area contributed by atoms with Crippen molar-refractivity contribution in [3.05, 3.63) is 42.0 Å². The van der Waals surface area contributed by atoms with Gasteiger partial charge in [-0.1, -0.05) is 0 Å². The van der Waals surface area contributed by atoms with Crippen LogP contribution in [0.5, 0.6) is 0 Å². The fourth-order valence-corrected chi connectivity index (χ4v) is 1.33. The van der Waals surface area contributed by atoms with Gasteiger partial charge in [0.25, 0.3) is 0 Å². The van der Waals surface area contributed by atoms with Crippen molar-refractivity contribution in [2.75, 3.05) is 13.2 Å². The number of carboxylic acid groups (broad SMARTS) is 2. The van der Waals surface area contributed by atoms with E-state index in [0.29, 0.717) is 5.69 Å². The molecule has 0 atom stereocenters. The Labute approximate surface area is 118 Å². The second-order valence-electron chi connectivity index (χ2n) is 3.67. The Morgan fingerprint density at radius 3 is 1.86 bits per heavy atom. The number of aliphatic hydroxyl groups excluding tert-OH is 2. The van der Waals surface area contributed by atoms with Gasteiger partial charge in [-0.25, -0.2) is 19.3 Å². The van der Waals surface area contributed by atoms with Gasteiger partial charge < -0.3 is 20.4 Å². The predicted octanol–water partition coefficient (Wildman–Crippen LogP) is -0.365. The molecule has 1 aromatic carbocycles. The molecule has 112 valence electrons. The third-order valence-corrected chi connectivity index (χ3v) is 2.19. The van der Waals surface area contributed by atoms with Gasteiger partial charge in [-0.2, -0.15) is 5.10 Å². The van der Waals surface area contributed by atoms with Crippen LogP contribution in [-0.4, -0.2) is 60.3 Å². The molecule has 1 aromatic heterocycles. The highest BCUT2D eigenvalue weighted by Crippen LogP contribution is 2.13. The number of aliphatic hydroxyl groups is 2. The maximum Gasteiger partial charge on any atom is 0.335 e. The zero-order chi connectivity index (χ0) is 15.8. The Balaban J connectivity index is 0.000000491. The molecule has 0 saturated carbocycles. The van der Waals surface area contributed by atoms with Crippen LogP contribution in [0.15, 0.2) is 30.9 Å². The van der Waals surface area contributed by atoms with Crippen LogP contribution in [0.2, 0.25) is 0 Å². The molecular formula is C12H13N3O6. The first kappa shape index (κ1) is 16.3. The molecule has 21 heavy (non-hydrogen) atoms. The molecule has 0 spiro atoms. The number of carboxylic acids is 2. The van der Waals surface area contributed by atoms with E-state index >= 15 is 0 Å². The van der Waals surface area contributed by atoms with Crippen LogP contribution in [0, 0.1) is 0 Å².